The molecule has 0 aliphatic rings. The number of benzene rings is 3. The summed E-state index contributed by atoms with van der Waals surface area (Å²) in [6.07, 6.45) is 0.169. The van der Waals surface area contributed by atoms with Crippen LogP contribution in [0.4, 0.5) is 5.69 Å². The topological polar surface area (TPSA) is 182 Å². The van der Waals surface area contributed by atoms with Crippen LogP contribution in [0.15, 0.2) is 89.3 Å². The van der Waals surface area contributed by atoms with Gasteiger partial charge in [-0.05, 0) is 68.1 Å². The van der Waals surface area contributed by atoms with Crippen molar-refractivity contribution >= 4 is 40.9 Å². The number of ketones is 2. The van der Waals surface area contributed by atoms with Crippen molar-refractivity contribution in [1.82, 2.24) is 16.0 Å². The normalized spacial score (nSPS) is 12.5. The summed E-state index contributed by atoms with van der Waals surface area (Å²) in [7, 11) is 3.00. The maximum Gasteiger partial charge on any atom is 0.293 e. The van der Waals surface area contributed by atoms with Gasteiger partial charge in [-0.1, -0.05) is 56.3 Å². The van der Waals surface area contributed by atoms with Crippen molar-refractivity contribution < 1.29 is 42.7 Å². The first-order chi connectivity index (χ1) is 25.3. The monoisotopic (exact) mass is 724 g/mol. The van der Waals surface area contributed by atoms with E-state index in [1.807, 2.05) is 13.8 Å². The van der Waals surface area contributed by atoms with E-state index in [4.69, 9.17) is 13.9 Å². The predicted molar refractivity (Wildman–Crippen MR) is 198 cm³/mol. The Balaban J connectivity index is 1.48. The van der Waals surface area contributed by atoms with Gasteiger partial charge in [-0.2, -0.15) is 0 Å². The Bertz CT molecular complexity index is 1930. The number of carbonyl (C=O) groups excluding carboxylic acids is 6. The van der Waals surface area contributed by atoms with E-state index in [2.05, 4.69) is 21.3 Å². The van der Waals surface area contributed by atoms with Crippen molar-refractivity contribution in [3.63, 3.8) is 0 Å². The van der Waals surface area contributed by atoms with Crippen LogP contribution in [0.3, 0.4) is 0 Å². The number of carbonyl (C=O) groups is 6. The van der Waals surface area contributed by atoms with Gasteiger partial charge in [0.25, 0.3) is 11.8 Å². The molecular weight excluding hydrogens is 680 g/mol. The van der Waals surface area contributed by atoms with Gasteiger partial charge in [0.05, 0.1) is 20.3 Å². The zero-order valence-corrected chi connectivity index (χ0v) is 30.5. The van der Waals surface area contributed by atoms with E-state index in [-0.39, 0.29) is 30.3 Å². The van der Waals surface area contributed by atoms with Crippen molar-refractivity contribution in [2.75, 3.05) is 19.5 Å². The number of furan rings is 1. The van der Waals surface area contributed by atoms with E-state index in [9.17, 15) is 28.8 Å². The summed E-state index contributed by atoms with van der Waals surface area (Å²) in [5.74, 6) is -2.59. The Morgan fingerprint density at radius 2 is 1.38 bits per heavy atom. The molecule has 1 heterocycles. The number of ether oxygens (including phenoxy) is 2. The number of hydrogen-bond donors (Lipinski definition) is 4. The lowest BCUT2D eigenvalue weighted by molar-refractivity contribution is -0.138. The fourth-order valence-corrected chi connectivity index (χ4v) is 5.35. The van der Waals surface area contributed by atoms with E-state index in [1.54, 1.807) is 78.9 Å². The van der Waals surface area contributed by atoms with Gasteiger partial charge in [0.15, 0.2) is 11.5 Å². The summed E-state index contributed by atoms with van der Waals surface area (Å²) in [6.45, 7) is 6.61. The molecule has 4 aromatic rings. The molecular formula is C40H44N4O9. The number of rotatable bonds is 17. The van der Waals surface area contributed by atoms with Crippen LogP contribution in [0, 0.1) is 5.92 Å². The minimum absolute atomic E-state index is 0.0186. The van der Waals surface area contributed by atoms with Crippen LogP contribution in [0.25, 0.3) is 11.3 Å². The summed E-state index contributed by atoms with van der Waals surface area (Å²) < 4.78 is 16.1. The molecule has 4 N–H and O–H groups in total. The zero-order chi connectivity index (χ0) is 38.7. The third kappa shape index (κ3) is 11.1. The highest BCUT2D eigenvalue weighted by molar-refractivity contribution is 6.42. The van der Waals surface area contributed by atoms with E-state index in [0.717, 1.165) is 0 Å². The minimum atomic E-state index is -1.20. The largest absolute Gasteiger partial charge is 0.497 e. The molecule has 13 heteroatoms. The quantitative estimate of drug-likeness (QED) is 0.0882. The Morgan fingerprint density at radius 3 is 2.00 bits per heavy atom. The Labute approximate surface area is 307 Å². The molecule has 0 saturated heterocycles. The fraction of sp³-hybridized carbons (Fsp3) is 0.300. The second-order valence-corrected chi connectivity index (χ2v) is 12.8. The Morgan fingerprint density at radius 1 is 0.717 bits per heavy atom. The number of methoxy groups -OCH3 is 2. The van der Waals surface area contributed by atoms with Gasteiger partial charge in [-0.3, -0.25) is 28.8 Å². The molecule has 0 fully saturated rings. The van der Waals surface area contributed by atoms with Crippen molar-refractivity contribution in [2.24, 2.45) is 5.92 Å². The van der Waals surface area contributed by atoms with Gasteiger partial charge in [0.1, 0.15) is 29.3 Å². The standard InChI is InChI=1S/C40H44N4O9/c1-23(2)20-32(36(46)40(50)42-29-8-7-9-31(22-29)52-6)43-38(48)33(21-26-10-16-30(51-5)17-11-26)44-37(47)24(3)41-39(49)35-19-18-34(53-35)28-14-12-27(13-15-28)25(4)45/h7-19,22-24,32-33H,20-21H2,1-6H3,(H,41,49)(H,42,50)(H,43,48)(H,44,47)/t24-,32-,33-/m0/s1. The van der Waals surface area contributed by atoms with Gasteiger partial charge < -0.3 is 35.2 Å². The number of Topliss-reactive ketones (excluding diaryl/α,β-unsaturated/α-hetero) is 2. The van der Waals surface area contributed by atoms with Crippen LogP contribution < -0.4 is 30.7 Å². The van der Waals surface area contributed by atoms with Crippen LogP contribution in [0.1, 0.15) is 60.6 Å². The molecule has 13 nitrogen and oxygen atoms in total. The Hall–Kier alpha value is -6.24. The van der Waals surface area contributed by atoms with Crippen molar-refractivity contribution in [3.05, 3.63) is 102 Å². The second kappa shape index (κ2) is 18.3. The summed E-state index contributed by atoms with van der Waals surface area (Å²) in [4.78, 5) is 78.5. The minimum Gasteiger partial charge on any atom is -0.497 e. The predicted octanol–water partition coefficient (Wildman–Crippen LogP) is 4.75. The molecule has 0 radical (unpaired) electrons. The highest BCUT2D eigenvalue weighted by Crippen LogP contribution is 2.23. The maximum absolute atomic E-state index is 13.9. The Kier molecular flexibility index (Phi) is 13.7. The van der Waals surface area contributed by atoms with Crippen LogP contribution in [0.5, 0.6) is 11.5 Å². The molecule has 0 aliphatic heterocycles. The molecule has 0 spiro atoms. The molecule has 278 valence electrons. The fourth-order valence-electron chi connectivity index (χ4n) is 5.35. The van der Waals surface area contributed by atoms with E-state index >= 15 is 0 Å². The SMILES string of the molecule is COc1ccc(C[C@H](NC(=O)[C@H](C)NC(=O)c2ccc(-c3ccc(C(C)=O)cc3)o2)C(=O)N[C@@H](CC(C)C)C(=O)C(=O)Nc2cccc(OC)c2)cc1. The van der Waals surface area contributed by atoms with Crippen LogP contribution >= 0.6 is 0 Å². The first kappa shape index (κ1) is 39.5. The first-order valence-corrected chi connectivity index (χ1v) is 17.0. The molecule has 0 aliphatic carbocycles. The number of hydrogen-bond acceptors (Lipinski definition) is 9. The first-order valence-electron chi connectivity index (χ1n) is 17.0. The average Bonchev–Trinajstić information content (AvgIpc) is 3.65. The van der Waals surface area contributed by atoms with Crippen molar-refractivity contribution in [2.45, 2.75) is 58.7 Å². The molecule has 0 bridgehead atoms. The van der Waals surface area contributed by atoms with Crippen LogP contribution in [-0.2, 0) is 25.6 Å². The molecule has 1 aromatic heterocycles. The number of amides is 4. The average molecular weight is 725 g/mol. The molecule has 4 rings (SSSR count). The zero-order valence-electron chi connectivity index (χ0n) is 30.5. The molecule has 0 unspecified atom stereocenters. The highest BCUT2D eigenvalue weighted by Gasteiger charge is 2.32. The van der Waals surface area contributed by atoms with Gasteiger partial charge >= 0.3 is 0 Å². The lowest BCUT2D eigenvalue weighted by Crippen LogP contribution is -2.56. The van der Waals surface area contributed by atoms with E-state index < -0.39 is 47.5 Å². The van der Waals surface area contributed by atoms with E-state index in [1.165, 1.54) is 34.1 Å². The van der Waals surface area contributed by atoms with Gasteiger partial charge in [-0.15, -0.1) is 0 Å². The molecule has 53 heavy (non-hydrogen) atoms. The van der Waals surface area contributed by atoms with Crippen molar-refractivity contribution in [3.8, 4) is 22.8 Å². The lowest BCUT2D eigenvalue weighted by Gasteiger charge is -2.25. The second-order valence-electron chi connectivity index (χ2n) is 12.8. The van der Waals surface area contributed by atoms with Crippen molar-refractivity contribution in [1.29, 1.82) is 0 Å². The highest BCUT2D eigenvalue weighted by atomic mass is 16.5. The molecule has 4 amide bonds. The third-order valence-electron chi connectivity index (χ3n) is 8.27. The smallest absolute Gasteiger partial charge is 0.293 e. The summed E-state index contributed by atoms with van der Waals surface area (Å²) in [5, 5.41) is 10.5. The molecule has 3 atom stereocenters. The lowest BCUT2D eigenvalue weighted by atomic mass is 9.98. The van der Waals surface area contributed by atoms with E-state index in [0.29, 0.717) is 39.6 Å². The molecule has 0 saturated carbocycles. The third-order valence-corrected chi connectivity index (χ3v) is 8.27. The van der Waals surface area contributed by atoms with Gasteiger partial charge in [0, 0.05) is 29.3 Å². The van der Waals surface area contributed by atoms with Crippen LogP contribution in [0.2, 0.25) is 0 Å². The number of anilines is 1. The summed E-state index contributed by atoms with van der Waals surface area (Å²) >= 11 is 0. The summed E-state index contributed by atoms with van der Waals surface area (Å²) in [5.41, 5.74) is 2.20. The van der Waals surface area contributed by atoms with Gasteiger partial charge in [-0.25, -0.2) is 0 Å². The number of nitrogens with one attached hydrogen (secondary N) is 4. The van der Waals surface area contributed by atoms with Gasteiger partial charge in [0.2, 0.25) is 17.6 Å². The summed E-state index contributed by atoms with van der Waals surface area (Å²) in [6, 6.07) is 19.6. The molecule has 3 aromatic carbocycles. The van der Waals surface area contributed by atoms with Crippen LogP contribution in [-0.4, -0.2) is 67.5 Å². The maximum atomic E-state index is 13.9.